The van der Waals surface area contributed by atoms with Gasteiger partial charge in [0.05, 0.1) is 13.2 Å². The molecule has 1 aromatic carbocycles. The number of rotatable bonds is 8. The molecule has 0 radical (unpaired) electrons. The van der Waals surface area contributed by atoms with Crippen LogP contribution in [0.25, 0.3) is 0 Å². The molecule has 8 nitrogen and oxygen atoms in total. The predicted octanol–water partition coefficient (Wildman–Crippen LogP) is 1.89. The molecule has 0 unspecified atom stereocenters. The molecule has 144 valence electrons. The molecule has 1 saturated heterocycles. The Balaban J connectivity index is 1.37. The standard InChI is InChI=1S/C18H22ClN5O3/c19-14-1-3-15(4-2-14)27-13-18(25)21-17-6-5-16(22-23-17)20-7-8-24-9-11-26-12-10-24/h1-6H,7-13H2,(H,20,22)(H,21,23,25). The summed E-state index contributed by atoms with van der Waals surface area (Å²) in [4.78, 5) is 14.3. The Bertz CT molecular complexity index is 721. The lowest BCUT2D eigenvalue weighted by Gasteiger charge is -2.26. The molecule has 1 aliphatic heterocycles. The minimum atomic E-state index is -0.313. The third-order valence-electron chi connectivity index (χ3n) is 3.95. The lowest BCUT2D eigenvalue weighted by molar-refractivity contribution is -0.118. The van der Waals surface area contributed by atoms with Gasteiger partial charge in [-0.2, -0.15) is 0 Å². The van der Waals surface area contributed by atoms with E-state index in [9.17, 15) is 4.79 Å². The van der Waals surface area contributed by atoms with Crippen LogP contribution in [0.1, 0.15) is 0 Å². The monoisotopic (exact) mass is 391 g/mol. The van der Waals surface area contributed by atoms with Gasteiger partial charge in [-0.1, -0.05) is 11.6 Å². The molecular weight excluding hydrogens is 370 g/mol. The van der Waals surface area contributed by atoms with Crippen molar-refractivity contribution in [2.75, 3.05) is 56.6 Å². The van der Waals surface area contributed by atoms with Gasteiger partial charge in [0.2, 0.25) is 0 Å². The maximum atomic E-state index is 11.9. The SMILES string of the molecule is O=C(COc1ccc(Cl)cc1)Nc1ccc(NCCN2CCOCC2)nn1. The molecule has 0 aliphatic carbocycles. The van der Waals surface area contributed by atoms with E-state index in [1.807, 2.05) is 0 Å². The summed E-state index contributed by atoms with van der Waals surface area (Å²) in [5.74, 6) is 1.30. The topological polar surface area (TPSA) is 88.6 Å². The van der Waals surface area contributed by atoms with Gasteiger partial charge in [-0.25, -0.2) is 0 Å². The third kappa shape index (κ3) is 6.67. The highest BCUT2D eigenvalue weighted by Crippen LogP contribution is 2.15. The van der Waals surface area contributed by atoms with Crippen molar-refractivity contribution in [1.82, 2.24) is 15.1 Å². The van der Waals surface area contributed by atoms with Crippen LogP contribution in [0.2, 0.25) is 5.02 Å². The summed E-state index contributed by atoms with van der Waals surface area (Å²) in [6.07, 6.45) is 0. The number of morpholine rings is 1. The van der Waals surface area contributed by atoms with Gasteiger partial charge in [0.1, 0.15) is 11.6 Å². The Kier molecular flexibility index (Phi) is 7.20. The van der Waals surface area contributed by atoms with Crippen LogP contribution in [0, 0.1) is 0 Å². The van der Waals surface area contributed by atoms with Crippen molar-refractivity contribution in [3.8, 4) is 5.75 Å². The number of nitrogens with one attached hydrogen (secondary N) is 2. The van der Waals surface area contributed by atoms with E-state index in [4.69, 9.17) is 21.1 Å². The van der Waals surface area contributed by atoms with E-state index in [0.29, 0.717) is 22.4 Å². The second-order valence-electron chi connectivity index (χ2n) is 5.98. The first kappa shape index (κ1) is 19.3. The van der Waals surface area contributed by atoms with Gasteiger partial charge in [-0.3, -0.25) is 9.69 Å². The van der Waals surface area contributed by atoms with Crippen molar-refractivity contribution in [2.45, 2.75) is 0 Å². The molecule has 1 fully saturated rings. The summed E-state index contributed by atoms with van der Waals surface area (Å²) in [6, 6.07) is 10.3. The lowest BCUT2D eigenvalue weighted by atomic mass is 10.3. The van der Waals surface area contributed by atoms with Crippen molar-refractivity contribution in [3.05, 3.63) is 41.4 Å². The summed E-state index contributed by atoms with van der Waals surface area (Å²) in [5.41, 5.74) is 0. The maximum Gasteiger partial charge on any atom is 0.263 e. The van der Waals surface area contributed by atoms with E-state index in [-0.39, 0.29) is 12.5 Å². The molecule has 1 aliphatic rings. The number of hydrogen-bond donors (Lipinski definition) is 2. The number of carbonyl (C=O) groups excluding carboxylic acids is 1. The van der Waals surface area contributed by atoms with Gasteiger partial charge in [-0.05, 0) is 36.4 Å². The molecule has 2 aromatic rings. The Hall–Kier alpha value is -2.42. The molecule has 0 atom stereocenters. The average Bonchev–Trinajstić information content (AvgIpc) is 2.70. The van der Waals surface area contributed by atoms with Crippen molar-refractivity contribution in [1.29, 1.82) is 0 Å². The van der Waals surface area contributed by atoms with Crippen molar-refractivity contribution in [2.24, 2.45) is 0 Å². The minimum Gasteiger partial charge on any atom is -0.484 e. The van der Waals surface area contributed by atoms with Crippen LogP contribution in [-0.4, -0.2) is 67.0 Å². The second kappa shape index (κ2) is 10.1. The quantitative estimate of drug-likeness (QED) is 0.710. The number of hydrogen-bond acceptors (Lipinski definition) is 7. The van der Waals surface area contributed by atoms with Crippen LogP contribution in [0.5, 0.6) is 5.75 Å². The number of benzene rings is 1. The summed E-state index contributed by atoms with van der Waals surface area (Å²) in [5, 5.41) is 14.5. The first-order chi connectivity index (χ1) is 13.2. The molecule has 1 amide bonds. The maximum absolute atomic E-state index is 11.9. The fourth-order valence-electron chi connectivity index (χ4n) is 2.52. The Morgan fingerprint density at radius 3 is 2.52 bits per heavy atom. The number of nitrogens with zero attached hydrogens (tertiary/aromatic N) is 3. The van der Waals surface area contributed by atoms with Crippen LogP contribution in [0.4, 0.5) is 11.6 Å². The Morgan fingerprint density at radius 2 is 1.81 bits per heavy atom. The first-order valence-corrected chi connectivity index (χ1v) is 9.13. The number of amides is 1. The highest BCUT2D eigenvalue weighted by molar-refractivity contribution is 6.30. The number of carbonyl (C=O) groups is 1. The Morgan fingerprint density at radius 1 is 1.11 bits per heavy atom. The summed E-state index contributed by atoms with van der Waals surface area (Å²) in [6.45, 7) is 5.06. The summed E-state index contributed by atoms with van der Waals surface area (Å²) in [7, 11) is 0. The zero-order valence-corrected chi connectivity index (χ0v) is 15.6. The van der Waals surface area contributed by atoms with Gasteiger partial charge in [-0.15, -0.1) is 10.2 Å². The van der Waals surface area contributed by atoms with Gasteiger partial charge in [0.15, 0.2) is 12.4 Å². The second-order valence-corrected chi connectivity index (χ2v) is 6.41. The summed E-state index contributed by atoms with van der Waals surface area (Å²) >= 11 is 5.80. The largest absolute Gasteiger partial charge is 0.484 e. The highest BCUT2D eigenvalue weighted by atomic mass is 35.5. The van der Waals surface area contributed by atoms with Crippen LogP contribution in [0.15, 0.2) is 36.4 Å². The summed E-state index contributed by atoms with van der Waals surface area (Å²) < 4.78 is 10.7. The van der Waals surface area contributed by atoms with E-state index < -0.39 is 0 Å². The number of ether oxygens (including phenoxy) is 2. The molecule has 0 saturated carbocycles. The van der Waals surface area contributed by atoms with Crippen LogP contribution >= 0.6 is 11.6 Å². The lowest BCUT2D eigenvalue weighted by Crippen LogP contribution is -2.39. The molecular formula is C18H22ClN5O3. The Labute approximate surface area is 162 Å². The van der Waals surface area contributed by atoms with Crippen molar-refractivity contribution < 1.29 is 14.3 Å². The molecule has 2 N–H and O–H groups in total. The minimum absolute atomic E-state index is 0.122. The predicted molar refractivity (Wildman–Crippen MR) is 103 cm³/mol. The van der Waals surface area contributed by atoms with E-state index in [0.717, 1.165) is 39.4 Å². The van der Waals surface area contributed by atoms with Crippen LogP contribution < -0.4 is 15.4 Å². The first-order valence-electron chi connectivity index (χ1n) is 8.75. The molecule has 9 heteroatoms. The van der Waals surface area contributed by atoms with E-state index in [1.54, 1.807) is 36.4 Å². The van der Waals surface area contributed by atoms with E-state index in [1.165, 1.54) is 0 Å². The van der Waals surface area contributed by atoms with Gasteiger partial charge >= 0.3 is 0 Å². The smallest absolute Gasteiger partial charge is 0.263 e. The molecule has 0 spiro atoms. The molecule has 1 aromatic heterocycles. The number of aromatic nitrogens is 2. The van der Waals surface area contributed by atoms with Gasteiger partial charge in [0.25, 0.3) is 5.91 Å². The molecule has 27 heavy (non-hydrogen) atoms. The van der Waals surface area contributed by atoms with Gasteiger partial charge in [0, 0.05) is 31.2 Å². The zero-order chi connectivity index (χ0) is 18.9. The van der Waals surface area contributed by atoms with Crippen molar-refractivity contribution in [3.63, 3.8) is 0 Å². The molecule has 3 rings (SSSR count). The van der Waals surface area contributed by atoms with Crippen LogP contribution in [-0.2, 0) is 9.53 Å². The normalized spacial score (nSPS) is 14.6. The van der Waals surface area contributed by atoms with Crippen molar-refractivity contribution >= 4 is 29.1 Å². The number of anilines is 2. The fraction of sp³-hybridized carbons (Fsp3) is 0.389. The fourth-order valence-corrected chi connectivity index (χ4v) is 2.64. The van der Waals surface area contributed by atoms with Crippen LogP contribution in [0.3, 0.4) is 0 Å². The van der Waals surface area contributed by atoms with E-state index in [2.05, 4.69) is 25.7 Å². The third-order valence-corrected chi connectivity index (χ3v) is 4.21. The van der Waals surface area contributed by atoms with E-state index >= 15 is 0 Å². The molecule has 2 heterocycles. The zero-order valence-electron chi connectivity index (χ0n) is 14.9. The molecule has 0 bridgehead atoms. The van der Waals surface area contributed by atoms with Gasteiger partial charge < -0.3 is 20.1 Å². The number of halogens is 1. The highest BCUT2D eigenvalue weighted by Gasteiger charge is 2.09. The average molecular weight is 392 g/mol.